The first-order valence-corrected chi connectivity index (χ1v) is 11.2. The molecule has 2 aromatic rings. The molecule has 1 aromatic heterocycles. The lowest BCUT2D eigenvalue weighted by molar-refractivity contribution is -0.122. The van der Waals surface area contributed by atoms with Crippen LogP contribution < -0.4 is 4.90 Å². The van der Waals surface area contributed by atoms with Crippen LogP contribution in [-0.2, 0) is 14.8 Å². The van der Waals surface area contributed by atoms with Crippen LogP contribution in [0.2, 0.25) is 0 Å². The Morgan fingerprint density at radius 2 is 1.92 bits per heavy atom. The fourth-order valence-corrected chi connectivity index (χ4v) is 5.06. The summed E-state index contributed by atoms with van der Waals surface area (Å²) in [6, 6.07) is 9.49. The predicted octanol–water partition coefficient (Wildman–Crippen LogP) is 3.18. The third-order valence-electron chi connectivity index (χ3n) is 4.59. The van der Waals surface area contributed by atoms with Crippen LogP contribution in [0.5, 0.6) is 0 Å². The van der Waals surface area contributed by atoms with Crippen LogP contribution in [0, 0.1) is 12.8 Å². The quantitative estimate of drug-likeness (QED) is 0.782. The van der Waals surface area contributed by atoms with E-state index >= 15 is 0 Å². The second-order valence-corrected chi connectivity index (χ2v) is 9.45. The van der Waals surface area contributed by atoms with Crippen molar-refractivity contribution in [2.24, 2.45) is 5.92 Å². The summed E-state index contributed by atoms with van der Waals surface area (Å²) in [5, 5.41) is 2.58. The van der Waals surface area contributed by atoms with Crippen molar-refractivity contribution in [1.29, 1.82) is 0 Å². The summed E-state index contributed by atoms with van der Waals surface area (Å²) in [6.07, 6.45) is 1.07. The van der Waals surface area contributed by atoms with E-state index in [1.54, 1.807) is 11.8 Å². The van der Waals surface area contributed by atoms with Gasteiger partial charge in [0.15, 0.2) is 5.13 Å². The van der Waals surface area contributed by atoms with Crippen LogP contribution in [0.1, 0.15) is 25.5 Å². The molecule has 0 N–H and O–H groups in total. The van der Waals surface area contributed by atoms with E-state index in [1.807, 2.05) is 42.6 Å². The first-order valence-electron chi connectivity index (χ1n) is 8.71. The van der Waals surface area contributed by atoms with Gasteiger partial charge in [-0.25, -0.2) is 17.7 Å². The van der Waals surface area contributed by atoms with Crippen molar-refractivity contribution in [3.63, 3.8) is 0 Å². The molecule has 0 unspecified atom stereocenters. The Morgan fingerprint density at radius 3 is 2.46 bits per heavy atom. The minimum atomic E-state index is -3.19. The molecule has 140 valence electrons. The molecule has 6 nitrogen and oxygen atoms in total. The molecule has 1 amide bonds. The highest BCUT2D eigenvalue weighted by Gasteiger charge is 2.34. The second-order valence-electron chi connectivity index (χ2n) is 6.35. The van der Waals surface area contributed by atoms with Crippen molar-refractivity contribution < 1.29 is 13.2 Å². The van der Waals surface area contributed by atoms with E-state index in [-0.39, 0.29) is 17.6 Å². The Balaban J connectivity index is 1.81. The van der Waals surface area contributed by atoms with Crippen molar-refractivity contribution in [3.05, 3.63) is 41.4 Å². The maximum Gasteiger partial charge on any atom is 0.236 e. The van der Waals surface area contributed by atoms with Crippen LogP contribution >= 0.6 is 11.3 Å². The molecule has 1 aromatic carbocycles. The van der Waals surface area contributed by atoms with Crippen LogP contribution in [0.4, 0.5) is 10.8 Å². The number of hydrogen-bond acceptors (Lipinski definition) is 5. The van der Waals surface area contributed by atoms with E-state index in [4.69, 9.17) is 0 Å². The zero-order valence-electron chi connectivity index (χ0n) is 15.0. The highest BCUT2D eigenvalue weighted by Crippen LogP contribution is 2.32. The van der Waals surface area contributed by atoms with Gasteiger partial charge in [0.05, 0.1) is 17.1 Å². The molecule has 1 fully saturated rings. The standard InChI is InChI=1S/C18H23N3O3S2/c1-3-26(23,24)20-11-9-15(10-12-20)17(22)21(16-7-5-4-6-8-16)18-19-14(2)13-25-18/h4-8,13,15H,3,9-12H2,1-2H3. The number of benzene rings is 1. The normalized spacial score (nSPS) is 16.5. The number of aryl methyl sites for hydroxylation is 1. The lowest BCUT2D eigenvalue weighted by Crippen LogP contribution is -2.43. The van der Waals surface area contributed by atoms with Gasteiger partial charge < -0.3 is 0 Å². The summed E-state index contributed by atoms with van der Waals surface area (Å²) >= 11 is 1.44. The number of sulfonamides is 1. The molecule has 0 atom stereocenters. The maximum atomic E-state index is 13.3. The van der Waals surface area contributed by atoms with Gasteiger partial charge in [0.2, 0.25) is 15.9 Å². The topological polar surface area (TPSA) is 70.6 Å². The number of carbonyl (C=O) groups excluding carboxylic acids is 1. The molecule has 1 aliphatic heterocycles. The average molecular weight is 394 g/mol. The second kappa shape index (κ2) is 7.85. The number of aromatic nitrogens is 1. The highest BCUT2D eigenvalue weighted by atomic mass is 32.2. The van der Waals surface area contributed by atoms with Crippen molar-refractivity contribution in [2.75, 3.05) is 23.7 Å². The highest BCUT2D eigenvalue weighted by molar-refractivity contribution is 7.89. The average Bonchev–Trinajstić information content (AvgIpc) is 3.08. The summed E-state index contributed by atoms with van der Waals surface area (Å²) in [7, 11) is -3.19. The SMILES string of the molecule is CCS(=O)(=O)N1CCC(C(=O)N(c2ccccc2)c2nc(C)cs2)CC1. The molecule has 0 aliphatic carbocycles. The molecule has 26 heavy (non-hydrogen) atoms. The third kappa shape index (κ3) is 3.97. The number of hydrogen-bond donors (Lipinski definition) is 0. The zero-order chi connectivity index (χ0) is 18.7. The summed E-state index contributed by atoms with van der Waals surface area (Å²) in [4.78, 5) is 19.4. The molecular weight excluding hydrogens is 370 g/mol. The number of carbonyl (C=O) groups is 1. The van der Waals surface area contributed by atoms with Crippen molar-refractivity contribution in [1.82, 2.24) is 9.29 Å². The van der Waals surface area contributed by atoms with Gasteiger partial charge in [-0.1, -0.05) is 18.2 Å². The van der Waals surface area contributed by atoms with Gasteiger partial charge in [0.1, 0.15) is 0 Å². The van der Waals surface area contributed by atoms with E-state index in [0.717, 1.165) is 11.4 Å². The lowest BCUT2D eigenvalue weighted by Gasteiger charge is -2.32. The summed E-state index contributed by atoms with van der Waals surface area (Å²) in [5.74, 6) is -0.123. The van der Waals surface area contributed by atoms with Gasteiger partial charge in [-0.05, 0) is 38.8 Å². The van der Waals surface area contributed by atoms with Gasteiger partial charge >= 0.3 is 0 Å². The fraction of sp³-hybridized carbons (Fsp3) is 0.444. The largest absolute Gasteiger partial charge is 0.274 e. The van der Waals surface area contributed by atoms with Crippen molar-refractivity contribution in [2.45, 2.75) is 26.7 Å². The molecule has 8 heteroatoms. The molecule has 0 radical (unpaired) electrons. The molecule has 1 aliphatic rings. The number of amides is 1. The molecule has 2 heterocycles. The van der Waals surface area contributed by atoms with Crippen LogP contribution in [0.25, 0.3) is 0 Å². The van der Waals surface area contributed by atoms with Crippen LogP contribution in [0.15, 0.2) is 35.7 Å². The van der Waals surface area contributed by atoms with Gasteiger partial charge in [0, 0.05) is 24.4 Å². The zero-order valence-corrected chi connectivity index (χ0v) is 16.6. The first-order chi connectivity index (χ1) is 12.4. The lowest BCUT2D eigenvalue weighted by atomic mass is 9.96. The Bertz CT molecular complexity index is 857. The number of para-hydroxylation sites is 1. The molecule has 0 spiro atoms. The maximum absolute atomic E-state index is 13.3. The van der Waals surface area contributed by atoms with E-state index in [9.17, 15) is 13.2 Å². The monoisotopic (exact) mass is 393 g/mol. The molecule has 3 rings (SSSR count). The minimum Gasteiger partial charge on any atom is -0.274 e. The number of piperidine rings is 1. The third-order valence-corrected chi connectivity index (χ3v) is 7.42. The molecule has 1 saturated heterocycles. The van der Waals surface area contributed by atoms with Gasteiger partial charge in [-0.3, -0.25) is 9.69 Å². The summed E-state index contributed by atoms with van der Waals surface area (Å²) in [5.41, 5.74) is 1.66. The number of anilines is 2. The van der Waals surface area contributed by atoms with Gasteiger partial charge in [-0.2, -0.15) is 0 Å². The fourth-order valence-electron chi connectivity index (χ4n) is 3.10. The minimum absolute atomic E-state index is 0.0147. The van der Waals surface area contributed by atoms with Crippen LogP contribution in [-0.4, -0.2) is 42.5 Å². The van der Waals surface area contributed by atoms with Crippen molar-refractivity contribution in [3.8, 4) is 0 Å². The van der Waals surface area contributed by atoms with Gasteiger partial charge in [-0.15, -0.1) is 11.3 Å². The Kier molecular flexibility index (Phi) is 5.74. The van der Waals surface area contributed by atoms with E-state index in [1.165, 1.54) is 15.6 Å². The van der Waals surface area contributed by atoms with Gasteiger partial charge in [0.25, 0.3) is 0 Å². The first kappa shape index (κ1) is 19.0. The molecule has 0 saturated carbocycles. The number of thiazole rings is 1. The Morgan fingerprint density at radius 1 is 1.27 bits per heavy atom. The smallest absolute Gasteiger partial charge is 0.236 e. The van der Waals surface area contributed by atoms with E-state index < -0.39 is 10.0 Å². The Labute approximate surface area is 158 Å². The predicted molar refractivity (Wildman–Crippen MR) is 104 cm³/mol. The molecular formula is C18H23N3O3S2. The van der Waals surface area contributed by atoms with E-state index in [2.05, 4.69) is 4.98 Å². The van der Waals surface area contributed by atoms with E-state index in [0.29, 0.717) is 31.1 Å². The number of rotatable bonds is 5. The summed E-state index contributed by atoms with van der Waals surface area (Å²) in [6.45, 7) is 4.34. The van der Waals surface area contributed by atoms with Crippen molar-refractivity contribution >= 4 is 38.1 Å². The summed E-state index contributed by atoms with van der Waals surface area (Å²) < 4.78 is 25.6. The van der Waals surface area contributed by atoms with Crippen LogP contribution in [0.3, 0.4) is 0 Å². The molecule has 0 bridgehead atoms. The Hall–Kier alpha value is -1.77. The number of nitrogens with zero attached hydrogens (tertiary/aromatic N) is 3.